The highest BCUT2D eigenvalue weighted by Gasteiger charge is 2.38. The van der Waals surface area contributed by atoms with Crippen LogP contribution in [0.1, 0.15) is 26.7 Å². The second-order valence-corrected chi connectivity index (χ2v) is 8.59. The molecular weight excluding hydrogens is 422 g/mol. The smallest absolute Gasteiger partial charge is 0.193 e. The molecule has 1 heterocycles. The Hall–Kier alpha value is -2.50. The quantitative estimate of drug-likeness (QED) is 0.490. The lowest BCUT2D eigenvalue weighted by atomic mass is 10.0. The van der Waals surface area contributed by atoms with Gasteiger partial charge in [-0.3, -0.25) is 4.79 Å². The zero-order chi connectivity index (χ0) is 18.5. The van der Waals surface area contributed by atoms with Gasteiger partial charge in [0.25, 0.3) is 0 Å². The standard InChI is InChI=1S/C22H14BrNO2S/c23-13-9-12(10-14(25)11-13)22-19-20(15-5-1-2-6-16(15)21(19)26)24-17-7-3-4-8-18(17)27-22/h1-11,22,24-25H. The van der Waals surface area contributed by atoms with Crippen LogP contribution in [0.3, 0.4) is 0 Å². The van der Waals surface area contributed by atoms with E-state index in [4.69, 9.17) is 0 Å². The third kappa shape index (κ3) is 2.69. The van der Waals surface area contributed by atoms with E-state index in [0.29, 0.717) is 0 Å². The van der Waals surface area contributed by atoms with Crippen molar-refractivity contribution >= 4 is 44.9 Å². The molecule has 2 aliphatic rings. The van der Waals surface area contributed by atoms with Gasteiger partial charge in [0.1, 0.15) is 5.75 Å². The molecule has 0 spiro atoms. The van der Waals surface area contributed by atoms with E-state index in [1.807, 2.05) is 48.5 Å². The number of rotatable bonds is 1. The molecule has 3 nitrogen and oxygen atoms in total. The van der Waals surface area contributed by atoms with Crippen LogP contribution in [-0.2, 0) is 0 Å². The fourth-order valence-corrected chi connectivity index (χ4v) is 5.43. The summed E-state index contributed by atoms with van der Waals surface area (Å²) < 4.78 is 0.786. The van der Waals surface area contributed by atoms with Crippen molar-refractivity contribution in [1.29, 1.82) is 0 Å². The van der Waals surface area contributed by atoms with Crippen molar-refractivity contribution in [2.45, 2.75) is 10.1 Å². The van der Waals surface area contributed by atoms with E-state index in [1.54, 1.807) is 23.9 Å². The predicted octanol–water partition coefficient (Wildman–Crippen LogP) is 6.02. The molecule has 0 amide bonds. The van der Waals surface area contributed by atoms with Gasteiger partial charge in [0.15, 0.2) is 5.78 Å². The minimum absolute atomic E-state index is 0.0397. The minimum Gasteiger partial charge on any atom is -0.508 e. The summed E-state index contributed by atoms with van der Waals surface area (Å²) in [5, 5.41) is 13.4. The molecule has 0 saturated heterocycles. The number of carbonyl (C=O) groups is 1. The Balaban J connectivity index is 1.77. The number of para-hydroxylation sites is 1. The third-order valence-electron chi connectivity index (χ3n) is 4.82. The molecular formula is C22H14BrNO2S. The van der Waals surface area contributed by atoms with E-state index in [-0.39, 0.29) is 16.8 Å². The lowest BCUT2D eigenvalue weighted by Crippen LogP contribution is -2.07. The first-order valence-corrected chi connectivity index (χ1v) is 10.2. The highest BCUT2D eigenvalue weighted by molar-refractivity contribution is 9.10. The number of carbonyl (C=O) groups excluding carboxylic acids is 1. The Labute approximate surface area is 169 Å². The summed E-state index contributed by atoms with van der Waals surface area (Å²) in [5.74, 6) is 0.216. The maximum Gasteiger partial charge on any atom is 0.193 e. The van der Waals surface area contributed by atoms with Crippen molar-refractivity contribution in [3.05, 3.63) is 93.5 Å². The van der Waals surface area contributed by atoms with Gasteiger partial charge in [-0.25, -0.2) is 0 Å². The lowest BCUT2D eigenvalue weighted by Gasteiger charge is -2.18. The Kier molecular flexibility index (Phi) is 3.88. The first kappa shape index (κ1) is 16.7. The third-order valence-corrected chi connectivity index (χ3v) is 6.63. The number of anilines is 1. The fourth-order valence-electron chi connectivity index (χ4n) is 3.66. The maximum absolute atomic E-state index is 13.3. The Morgan fingerprint density at radius 2 is 1.70 bits per heavy atom. The molecule has 5 heteroatoms. The number of aromatic hydroxyl groups is 1. The number of nitrogens with one attached hydrogen (secondary N) is 1. The molecule has 1 aliphatic carbocycles. The van der Waals surface area contributed by atoms with Gasteiger partial charge in [-0.1, -0.05) is 52.3 Å². The van der Waals surface area contributed by atoms with Crippen molar-refractivity contribution in [2.75, 3.05) is 5.32 Å². The average molecular weight is 436 g/mol. The summed E-state index contributed by atoms with van der Waals surface area (Å²) in [7, 11) is 0. The van der Waals surface area contributed by atoms with Crippen LogP contribution in [0.15, 0.2) is 81.7 Å². The molecule has 0 aromatic heterocycles. The van der Waals surface area contributed by atoms with E-state index < -0.39 is 0 Å². The maximum atomic E-state index is 13.3. The van der Waals surface area contributed by atoms with E-state index in [2.05, 4.69) is 27.3 Å². The summed E-state index contributed by atoms with van der Waals surface area (Å²) in [6.45, 7) is 0. The number of ketones is 1. The highest BCUT2D eigenvalue weighted by atomic mass is 79.9. The number of halogens is 1. The number of Topliss-reactive ketones (excluding diaryl/α,β-unsaturated/α-hetero) is 1. The van der Waals surface area contributed by atoms with Crippen LogP contribution < -0.4 is 5.32 Å². The molecule has 132 valence electrons. The van der Waals surface area contributed by atoms with Gasteiger partial charge >= 0.3 is 0 Å². The van der Waals surface area contributed by atoms with Gasteiger partial charge in [-0.2, -0.15) is 0 Å². The number of hydrogen-bond acceptors (Lipinski definition) is 4. The summed E-state index contributed by atoms with van der Waals surface area (Å²) >= 11 is 5.09. The second kappa shape index (κ2) is 6.29. The van der Waals surface area contributed by atoms with Crippen molar-refractivity contribution < 1.29 is 9.90 Å². The van der Waals surface area contributed by atoms with E-state index in [9.17, 15) is 9.90 Å². The largest absolute Gasteiger partial charge is 0.508 e. The van der Waals surface area contributed by atoms with Crippen LogP contribution >= 0.6 is 27.7 Å². The second-order valence-electron chi connectivity index (χ2n) is 6.53. The molecule has 27 heavy (non-hydrogen) atoms. The van der Waals surface area contributed by atoms with Gasteiger partial charge in [0.2, 0.25) is 0 Å². The molecule has 1 unspecified atom stereocenters. The van der Waals surface area contributed by atoms with Crippen LogP contribution in [0.25, 0.3) is 5.70 Å². The summed E-state index contributed by atoms with van der Waals surface area (Å²) in [6, 6.07) is 21.1. The topological polar surface area (TPSA) is 49.3 Å². The molecule has 0 saturated carbocycles. The monoisotopic (exact) mass is 435 g/mol. The van der Waals surface area contributed by atoms with Crippen LogP contribution in [0.2, 0.25) is 0 Å². The number of phenols is 1. The first-order chi connectivity index (χ1) is 13.1. The van der Waals surface area contributed by atoms with Crippen molar-refractivity contribution in [3.8, 4) is 5.75 Å². The predicted molar refractivity (Wildman–Crippen MR) is 112 cm³/mol. The van der Waals surface area contributed by atoms with Gasteiger partial charge in [-0.15, -0.1) is 11.8 Å². The minimum atomic E-state index is -0.223. The van der Waals surface area contributed by atoms with Crippen molar-refractivity contribution in [2.24, 2.45) is 0 Å². The van der Waals surface area contributed by atoms with Crippen LogP contribution in [0.4, 0.5) is 5.69 Å². The molecule has 5 rings (SSSR count). The Morgan fingerprint density at radius 3 is 2.52 bits per heavy atom. The zero-order valence-electron chi connectivity index (χ0n) is 14.1. The van der Waals surface area contributed by atoms with E-state index >= 15 is 0 Å². The van der Waals surface area contributed by atoms with Crippen LogP contribution in [0, 0.1) is 0 Å². The zero-order valence-corrected chi connectivity index (χ0v) is 16.5. The van der Waals surface area contributed by atoms with E-state index in [0.717, 1.165) is 43.0 Å². The van der Waals surface area contributed by atoms with Crippen molar-refractivity contribution in [3.63, 3.8) is 0 Å². The van der Waals surface area contributed by atoms with Crippen molar-refractivity contribution in [1.82, 2.24) is 0 Å². The van der Waals surface area contributed by atoms with Gasteiger partial charge in [0.05, 0.1) is 16.6 Å². The molecule has 0 fully saturated rings. The number of hydrogen-bond donors (Lipinski definition) is 2. The first-order valence-electron chi connectivity index (χ1n) is 8.52. The Morgan fingerprint density at radius 1 is 0.963 bits per heavy atom. The Bertz CT molecular complexity index is 1120. The summed E-state index contributed by atoms with van der Waals surface area (Å²) in [5.41, 5.74) is 5.12. The summed E-state index contributed by atoms with van der Waals surface area (Å²) in [4.78, 5) is 14.4. The van der Waals surface area contributed by atoms with Gasteiger partial charge in [0, 0.05) is 26.1 Å². The van der Waals surface area contributed by atoms with E-state index in [1.165, 1.54) is 0 Å². The summed E-state index contributed by atoms with van der Waals surface area (Å²) in [6.07, 6.45) is 0. The number of fused-ring (bicyclic) bond motifs is 3. The fraction of sp³-hybridized carbons (Fsp3) is 0.0455. The molecule has 0 bridgehead atoms. The molecule has 1 atom stereocenters. The lowest BCUT2D eigenvalue weighted by molar-refractivity contribution is 0.103. The molecule has 3 aromatic carbocycles. The van der Waals surface area contributed by atoms with Gasteiger partial charge < -0.3 is 10.4 Å². The molecule has 3 aromatic rings. The highest BCUT2D eigenvalue weighted by Crippen LogP contribution is 2.52. The molecule has 1 aliphatic heterocycles. The number of thioether (sulfide) groups is 1. The van der Waals surface area contributed by atoms with Gasteiger partial charge in [-0.05, 0) is 35.9 Å². The SMILES string of the molecule is O=C1C2=C(Nc3ccccc3SC2c2cc(O)cc(Br)c2)c2ccccc21. The average Bonchev–Trinajstić information content (AvgIpc) is 2.83. The van der Waals surface area contributed by atoms with Crippen LogP contribution in [-0.4, -0.2) is 10.9 Å². The molecule has 0 radical (unpaired) electrons. The molecule has 2 N–H and O–H groups in total. The van der Waals surface area contributed by atoms with Crippen LogP contribution in [0.5, 0.6) is 5.75 Å². The number of benzene rings is 3. The normalized spacial score (nSPS) is 17.7. The number of phenolic OH excluding ortho intramolecular Hbond substituents is 1.